The van der Waals surface area contributed by atoms with Crippen molar-refractivity contribution in [3.8, 4) is 5.75 Å². The molecule has 3 rings (SSSR count). The Balaban J connectivity index is 2.24. The number of fused-ring (bicyclic) bond motifs is 3. The maximum Gasteiger partial charge on any atom is 0.129 e. The number of rotatable bonds is 1. The van der Waals surface area contributed by atoms with Crippen molar-refractivity contribution in [1.82, 2.24) is 0 Å². The highest BCUT2D eigenvalue weighted by Gasteiger charge is 2.32. The van der Waals surface area contributed by atoms with Crippen molar-refractivity contribution in [1.29, 1.82) is 0 Å². The van der Waals surface area contributed by atoms with E-state index in [2.05, 4.69) is 23.9 Å². The molecule has 0 fully saturated rings. The van der Waals surface area contributed by atoms with Crippen LogP contribution in [0.3, 0.4) is 0 Å². The molecule has 3 heteroatoms. The molecule has 4 N–H and O–H groups in total. The molecule has 0 unspecified atom stereocenters. The van der Waals surface area contributed by atoms with Crippen LogP contribution in [0.25, 0.3) is 10.8 Å². The van der Waals surface area contributed by atoms with E-state index in [0.717, 1.165) is 11.3 Å². The Morgan fingerprint density at radius 1 is 1.24 bits per heavy atom. The Kier molecular flexibility index (Phi) is 2.50. The molecule has 0 aliphatic carbocycles. The van der Waals surface area contributed by atoms with Gasteiger partial charge in [0.1, 0.15) is 11.8 Å². The second-order valence-electron chi connectivity index (χ2n) is 4.56. The van der Waals surface area contributed by atoms with Crippen LogP contribution in [0.1, 0.15) is 11.6 Å². The van der Waals surface area contributed by atoms with Crippen LogP contribution in [0, 0.1) is 5.92 Å². The van der Waals surface area contributed by atoms with Crippen LogP contribution >= 0.6 is 0 Å². The van der Waals surface area contributed by atoms with E-state index in [-0.39, 0.29) is 18.6 Å². The zero-order chi connectivity index (χ0) is 11.8. The molecule has 2 atom stereocenters. The van der Waals surface area contributed by atoms with Crippen LogP contribution in [-0.2, 0) is 0 Å². The number of aliphatic hydroxyl groups excluding tert-OH is 1. The predicted octanol–water partition coefficient (Wildman–Crippen LogP) is 1.12. The first-order chi connectivity index (χ1) is 8.31. The maximum absolute atomic E-state index is 9.34. The Morgan fingerprint density at radius 3 is 2.88 bits per heavy atom. The molecule has 0 saturated carbocycles. The minimum Gasteiger partial charge on any atom is -0.492 e. The van der Waals surface area contributed by atoms with Gasteiger partial charge in [-0.2, -0.15) is 0 Å². The van der Waals surface area contributed by atoms with Crippen molar-refractivity contribution in [2.75, 3.05) is 13.2 Å². The zero-order valence-corrected chi connectivity index (χ0v) is 9.60. The highest BCUT2D eigenvalue weighted by molar-refractivity contribution is 5.88. The van der Waals surface area contributed by atoms with Gasteiger partial charge in [0.25, 0.3) is 0 Å². The van der Waals surface area contributed by atoms with Crippen molar-refractivity contribution in [3.05, 3.63) is 42.0 Å². The molecule has 0 spiro atoms. The summed E-state index contributed by atoms with van der Waals surface area (Å²) in [6.45, 7) is 0.673. The third kappa shape index (κ3) is 1.59. The molecule has 0 amide bonds. The number of hydrogen-bond acceptors (Lipinski definition) is 2. The summed E-state index contributed by atoms with van der Waals surface area (Å²) >= 11 is 0. The molecule has 88 valence electrons. The van der Waals surface area contributed by atoms with Gasteiger partial charge in [-0.15, -0.1) is 0 Å². The van der Waals surface area contributed by atoms with E-state index >= 15 is 0 Å². The molecule has 1 heterocycles. The number of quaternary nitrogens is 1. The Labute approximate surface area is 99.8 Å². The highest BCUT2D eigenvalue weighted by atomic mass is 16.5. The van der Waals surface area contributed by atoms with Crippen LogP contribution in [-0.4, -0.2) is 18.3 Å². The fourth-order valence-corrected chi connectivity index (χ4v) is 2.51. The summed E-state index contributed by atoms with van der Waals surface area (Å²) in [5.74, 6) is 1.00. The predicted molar refractivity (Wildman–Crippen MR) is 65.6 cm³/mol. The van der Waals surface area contributed by atoms with E-state index in [0.29, 0.717) is 6.61 Å². The van der Waals surface area contributed by atoms with Gasteiger partial charge >= 0.3 is 0 Å². The van der Waals surface area contributed by atoms with E-state index < -0.39 is 0 Å². The van der Waals surface area contributed by atoms with Gasteiger partial charge < -0.3 is 15.6 Å². The lowest BCUT2D eigenvalue weighted by molar-refractivity contribution is -0.444. The van der Waals surface area contributed by atoms with Crippen molar-refractivity contribution in [3.63, 3.8) is 0 Å². The summed E-state index contributed by atoms with van der Waals surface area (Å²) in [5.41, 5.74) is 5.33. The fourth-order valence-electron chi connectivity index (χ4n) is 2.51. The first-order valence-electron chi connectivity index (χ1n) is 5.89. The molecule has 2 aromatic carbocycles. The minimum absolute atomic E-state index is 0.0910. The monoisotopic (exact) mass is 230 g/mol. The van der Waals surface area contributed by atoms with Crippen molar-refractivity contribution < 1.29 is 15.6 Å². The number of benzene rings is 2. The van der Waals surface area contributed by atoms with Gasteiger partial charge in [0.15, 0.2) is 0 Å². The van der Waals surface area contributed by atoms with Crippen LogP contribution in [0.2, 0.25) is 0 Å². The molecule has 3 nitrogen and oxygen atoms in total. The van der Waals surface area contributed by atoms with Gasteiger partial charge in [0.05, 0.1) is 24.7 Å². The lowest BCUT2D eigenvalue weighted by Gasteiger charge is -2.28. The zero-order valence-electron chi connectivity index (χ0n) is 9.60. The third-order valence-corrected chi connectivity index (χ3v) is 3.56. The molecule has 2 aromatic rings. The third-order valence-electron chi connectivity index (χ3n) is 3.56. The van der Waals surface area contributed by atoms with E-state index in [1.54, 1.807) is 0 Å². The van der Waals surface area contributed by atoms with E-state index in [9.17, 15) is 5.11 Å². The quantitative estimate of drug-likeness (QED) is 0.771. The van der Waals surface area contributed by atoms with Crippen LogP contribution in [0.4, 0.5) is 0 Å². The van der Waals surface area contributed by atoms with Crippen LogP contribution in [0.15, 0.2) is 36.4 Å². The summed E-state index contributed by atoms with van der Waals surface area (Å²) in [6, 6.07) is 12.4. The van der Waals surface area contributed by atoms with Crippen molar-refractivity contribution in [2.45, 2.75) is 6.04 Å². The SMILES string of the molecule is [NH3+][C@H]1c2c(ccc3ccccc23)OC[C@@H]1CO. The molecule has 0 aromatic heterocycles. The lowest BCUT2D eigenvalue weighted by Crippen LogP contribution is -2.60. The van der Waals surface area contributed by atoms with E-state index in [1.165, 1.54) is 10.8 Å². The standard InChI is InChI=1S/C14H15NO2/c15-14-10(7-16)8-17-12-6-5-9-3-1-2-4-11(9)13(12)14/h1-6,10,14,16H,7-8,15H2/p+1/t10-,14+/m0/s1. The van der Waals surface area contributed by atoms with Gasteiger partial charge in [-0.1, -0.05) is 30.3 Å². The summed E-state index contributed by atoms with van der Waals surface area (Å²) in [7, 11) is 0. The maximum atomic E-state index is 9.34. The van der Waals surface area contributed by atoms with Gasteiger partial charge in [0, 0.05) is 0 Å². The summed E-state index contributed by atoms with van der Waals surface area (Å²) in [5, 5.41) is 11.7. The van der Waals surface area contributed by atoms with Crippen LogP contribution < -0.4 is 10.5 Å². The average Bonchev–Trinajstić information content (AvgIpc) is 2.38. The first-order valence-corrected chi connectivity index (χ1v) is 5.89. The molecular formula is C14H16NO2+. The molecule has 0 radical (unpaired) electrons. The Hall–Kier alpha value is -1.58. The van der Waals surface area contributed by atoms with E-state index in [4.69, 9.17) is 4.74 Å². The van der Waals surface area contributed by atoms with Crippen LogP contribution in [0.5, 0.6) is 5.75 Å². The minimum atomic E-state index is 0.0910. The largest absolute Gasteiger partial charge is 0.492 e. The smallest absolute Gasteiger partial charge is 0.129 e. The Morgan fingerprint density at radius 2 is 2.06 bits per heavy atom. The molecule has 0 saturated heterocycles. The molecule has 0 bridgehead atoms. The normalized spacial score (nSPS) is 23.2. The summed E-state index contributed by atoms with van der Waals surface area (Å²) in [4.78, 5) is 0. The van der Waals surface area contributed by atoms with Gasteiger partial charge in [-0.3, -0.25) is 0 Å². The Bertz CT molecular complexity index is 553. The second-order valence-corrected chi connectivity index (χ2v) is 4.56. The lowest BCUT2D eigenvalue weighted by atomic mass is 9.88. The van der Waals surface area contributed by atoms with Gasteiger partial charge in [-0.05, 0) is 16.8 Å². The fraction of sp³-hybridized carbons (Fsp3) is 0.286. The molecule has 17 heavy (non-hydrogen) atoms. The number of ether oxygens (including phenoxy) is 1. The average molecular weight is 230 g/mol. The van der Waals surface area contributed by atoms with Gasteiger partial charge in [0.2, 0.25) is 0 Å². The van der Waals surface area contributed by atoms with Gasteiger partial charge in [-0.25, -0.2) is 0 Å². The number of aliphatic hydroxyl groups is 1. The molecule has 1 aliphatic rings. The highest BCUT2D eigenvalue weighted by Crippen LogP contribution is 2.37. The van der Waals surface area contributed by atoms with Crippen molar-refractivity contribution in [2.24, 2.45) is 5.92 Å². The summed E-state index contributed by atoms with van der Waals surface area (Å²) in [6.07, 6.45) is 0. The number of hydrogen-bond donors (Lipinski definition) is 2. The topological polar surface area (TPSA) is 57.1 Å². The first kappa shape index (κ1) is 10.6. The molecular weight excluding hydrogens is 214 g/mol. The van der Waals surface area contributed by atoms with E-state index in [1.807, 2.05) is 18.2 Å². The molecule has 1 aliphatic heterocycles. The second kappa shape index (κ2) is 4.02. The summed E-state index contributed by atoms with van der Waals surface area (Å²) < 4.78 is 5.71. The van der Waals surface area contributed by atoms with Crippen molar-refractivity contribution >= 4 is 10.8 Å².